The quantitative estimate of drug-likeness (QED) is 0.496. The van der Waals surface area contributed by atoms with Crippen LogP contribution in [0.1, 0.15) is 92.4 Å². The predicted octanol–water partition coefficient (Wildman–Crippen LogP) is 5.65. The zero-order valence-electron chi connectivity index (χ0n) is 21.6. The van der Waals surface area contributed by atoms with Crippen LogP contribution in [0, 0.1) is 46.3 Å². The van der Waals surface area contributed by atoms with E-state index < -0.39 is 11.7 Å². The number of carbonyl (C=O) groups excluding carboxylic acids is 3. The Balaban J connectivity index is 1.50. The van der Waals surface area contributed by atoms with Crippen LogP contribution in [0.3, 0.4) is 0 Å². The van der Waals surface area contributed by atoms with Crippen LogP contribution in [-0.2, 0) is 23.9 Å². The number of esters is 1. The van der Waals surface area contributed by atoms with Gasteiger partial charge in [-0.3, -0.25) is 14.4 Å². The zero-order chi connectivity index (χ0) is 24.4. The molecule has 1 spiro atoms. The number of allylic oxidation sites excluding steroid dienone is 1. The molecule has 5 rings (SSSR count). The van der Waals surface area contributed by atoms with Gasteiger partial charge in [0.05, 0.1) is 6.10 Å². The highest BCUT2D eigenvalue weighted by Crippen LogP contribution is 2.69. The third-order valence-electron chi connectivity index (χ3n) is 10.6. The number of rotatable bonds is 4. The van der Waals surface area contributed by atoms with Crippen molar-refractivity contribution in [2.24, 2.45) is 46.3 Å². The minimum atomic E-state index is -0.626. The van der Waals surface area contributed by atoms with Crippen molar-refractivity contribution in [2.45, 2.75) is 105 Å². The van der Waals surface area contributed by atoms with E-state index in [0.29, 0.717) is 36.4 Å². The first-order chi connectivity index (χ1) is 16.1. The maximum Gasteiger partial charge on any atom is 0.304 e. The van der Waals surface area contributed by atoms with E-state index in [1.807, 2.05) is 6.08 Å². The maximum absolute atomic E-state index is 13.7. The van der Waals surface area contributed by atoms with E-state index in [4.69, 9.17) is 9.47 Å². The molecular weight excluding hydrogens is 428 g/mol. The molecule has 5 heteroatoms. The smallest absolute Gasteiger partial charge is 0.304 e. The molecule has 188 valence electrons. The summed E-state index contributed by atoms with van der Waals surface area (Å²) in [6.07, 6.45) is 9.17. The number of ketones is 2. The largest absolute Gasteiger partial charge is 0.435 e. The monoisotopic (exact) mass is 470 g/mol. The fourth-order valence-corrected chi connectivity index (χ4v) is 9.09. The molecule has 0 aromatic carbocycles. The van der Waals surface area contributed by atoms with Crippen molar-refractivity contribution in [3.63, 3.8) is 0 Å². The summed E-state index contributed by atoms with van der Waals surface area (Å²) in [5, 5.41) is 0. The number of Topliss-reactive ketones (excluding diaryl/α,β-unsaturated/α-hetero) is 1. The predicted molar refractivity (Wildman–Crippen MR) is 129 cm³/mol. The summed E-state index contributed by atoms with van der Waals surface area (Å²) >= 11 is 0. The van der Waals surface area contributed by atoms with Crippen LogP contribution < -0.4 is 0 Å². The summed E-state index contributed by atoms with van der Waals surface area (Å²) in [6, 6.07) is 0. The van der Waals surface area contributed by atoms with Gasteiger partial charge in [0.15, 0.2) is 5.78 Å². The highest BCUT2D eigenvalue weighted by atomic mass is 16.7. The number of hydrogen-bond acceptors (Lipinski definition) is 5. The van der Waals surface area contributed by atoms with E-state index in [9.17, 15) is 14.4 Å². The van der Waals surface area contributed by atoms with Gasteiger partial charge in [-0.15, -0.1) is 0 Å². The Kier molecular flexibility index (Phi) is 6.10. The SMILES string of the molecule is CC(=O)OC1OC(CCC(C)C)C(C)C2C(=O)CC3C4CCC5=CC(=O)CCC5(C)C4CCC132. The molecule has 0 amide bonds. The summed E-state index contributed by atoms with van der Waals surface area (Å²) in [5.74, 6) is 2.01. The topological polar surface area (TPSA) is 69.7 Å². The molecule has 1 aliphatic heterocycles. The maximum atomic E-state index is 13.7. The van der Waals surface area contributed by atoms with Gasteiger partial charge in [-0.1, -0.05) is 33.3 Å². The van der Waals surface area contributed by atoms with Gasteiger partial charge in [-0.05, 0) is 86.0 Å². The summed E-state index contributed by atoms with van der Waals surface area (Å²) in [5.41, 5.74) is 0.984. The van der Waals surface area contributed by atoms with Crippen LogP contribution in [0.2, 0.25) is 0 Å². The molecule has 1 heterocycles. The van der Waals surface area contributed by atoms with E-state index in [1.54, 1.807) is 0 Å². The zero-order valence-corrected chi connectivity index (χ0v) is 21.6. The van der Waals surface area contributed by atoms with Crippen molar-refractivity contribution >= 4 is 17.5 Å². The van der Waals surface area contributed by atoms with Gasteiger partial charge >= 0.3 is 5.97 Å². The Hall–Kier alpha value is -1.49. The molecule has 0 aromatic heterocycles. The van der Waals surface area contributed by atoms with Crippen LogP contribution in [0.4, 0.5) is 0 Å². The second-order valence-electron chi connectivity index (χ2n) is 12.7. The second-order valence-corrected chi connectivity index (χ2v) is 12.7. The van der Waals surface area contributed by atoms with E-state index >= 15 is 0 Å². The van der Waals surface area contributed by atoms with Crippen molar-refractivity contribution in [1.82, 2.24) is 0 Å². The molecule has 0 bridgehead atoms. The first kappa shape index (κ1) is 24.2. The van der Waals surface area contributed by atoms with E-state index in [0.717, 1.165) is 44.9 Å². The fourth-order valence-electron chi connectivity index (χ4n) is 9.09. The normalized spacial score (nSPS) is 45.7. The molecule has 0 aromatic rings. The third kappa shape index (κ3) is 3.55. The van der Waals surface area contributed by atoms with Crippen molar-refractivity contribution < 1.29 is 23.9 Å². The first-order valence-electron chi connectivity index (χ1n) is 13.7. The van der Waals surface area contributed by atoms with Crippen LogP contribution >= 0.6 is 0 Å². The standard InChI is InChI=1S/C29H42O5/c1-16(2)6-9-25-17(3)26-24(32)15-23-21-8-7-19-14-20(31)10-12-28(19,5)22(21)11-13-29(23,26)27(34-25)33-18(4)30/h14,16-17,21-23,25-27H,6-13,15H2,1-5H3. The second kappa shape index (κ2) is 8.57. The lowest BCUT2D eigenvalue weighted by Gasteiger charge is -2.61. The lowest BCUT2D eigenvalue weighted by Crippen LogP contribution is -2.62. The minimum Gasteiger partial charge on any atom is -0.435 e. The van der Waals surface area contributed by atoms with Crippen molar-refractivity contribution in [1.29, 1.82) is 0 Å². The average molecular weight is 471 g/mol. The molecule has 0 N–H and O–H groups in total. The number of carbonyl (C=O) groups is 3. The summed E-state index contributed by atoms with van der Waals surface area (Å²) in [7, 11) is 0. The highest BCUT2D eigenvalue weighted by Gasteiger charge is 2.70. The molecular formula is C29H42O5. The molecule has 9 unspecified atom stereocenters. The molecule has 5 aliphatic rings. The number of hydrogen-bond donors (Lipinski definition) is 0. The van der Waals surface area contributed by atoms with Crippen LogP contribution in [0.25, 0.3) is 0 Å². The first-order valence-corrected chi connectivity index (χ1v) is 13.7. The number of ether oxygens (including phenoxy) is 2. The van der Waals surface area contributed by atoms with E-state index in [2.05, 4.69) is 27.7 Å². The van der Waals surface area contributed by atoms with Crippen molar-refractivity contribution in [3.8, 4) is 0 Å². The van der Waals surface area contributed by atoms with Gasteiger partial charge in [0.2, 0.25) is 6.29 Å². The summed E-state index contributed by atoms with van der Waals surface area (Å²) < 4.78 is 12.6. The number of fused-ring (bicyclic) bond motifs is 4. The lowest BCUT2D eigenvalue weighted by molar-refractivity contribution is -0.299. The van der Waals surface area contributed by atoms with Crippen molar-refractivity contribution in [3.05, 3.63) is 11.6 Å². The molecule has 3 saturated carbocycles. The minimum absolute atomic E-state index is 0.0504. The molecule has 1 saturated heterocycles. The Labute approximate surface area is 204 Å². The van der Waals surface area contributed by atoms with E-state index in [1.165, 1.54) is 12.5 Å². The summed E-state index contributed by atoms with van der Waals surface area (Å²) in [6.45, 7) is 10.4. The fraction of sp³-hybridized carbons (Fsp3) is 0.828. The van der Waals surface area contributed by atoms with Crippen LogP contribution in [0.15, 0.2) is 11.6 Å². The molecule has 4 aliphatic carbocycles. The van der Waals surface area contributed by atoms with E-state index in [-0.39, 0.29) is 41.0 Å². The highest BCUT2D eigenvalue weighted by molar-refractivity contribution is 5.91. The molecule has 4 fully saturated rings. The average Bonchev–Trinajstić information content (AvgIpc) is 3.08. The molecule has 0 radical (unpaired) electrons. The van der Waals surface area contributed by atoms with Gasteiger partial charge in [-0.25, -0.2) is 0 Å². The van der Waals surface area contributed by atoms with Gasteiger partial charge < -0.3 is 9.47 Å². The van der Waals surface area contributed by atoms with Gasteiger partial charge in [0, 0.05) is 31.1 Å². The van der Waals surface area contributed by atoms with Crippen LogP contribution in [0.5, 0.6) is 0 Å². The Morgan fingerprint density at radius 1 is 1.18 bits per heavy atom. The molecule has 5 nitrogen and oxygen atoms in total. The van der Waals surface area contributed by atoms with Gasteiger partial charge in [-0.2, -0.15) is 0 Å². The molecule has 34 heavy (non-hydrogen) atoms. The molecule has 9 atom stereocenters. The Morgan fingerprint density at radius 2 is 1.94 bits per heavy atom. The van der Waals surface area contributed by atoms with Crippen molar-refractivity contribution in [2.75, 3.05) is 0 Å². The Bertz CT molecular complexity index is 904. The lowest BCUT2D eigenvalue weighted by atomic mass is 9.45. The summed E-state index contributed by atoms with van der Waals surface area (Å²) in [4.78, 5) is 38.1. The van der Waals surface area contributed by atoms with Crippen LogP contribution in [-0.4, -0.2) is 29.9 Å². The third-order valence-corrected chi connectivity index (χ3v) is 10.6. The van der Waals surface area contributed by atoms with Gasteiger partial charge in [0.1, 0.15) is 5.78 Å². The Morgan fingerprint density at radius 3 is 2.65 bits per heavy atom. The van der Waals surface area contributed by atoms with Gasteiger partial charge in [0.25, 0.3) is 0 Å².